The van der Waals surface area contributed by atoms with Crippen LogP contribution in [0, 0.1) is 0 Å². The smallest absolute Gasteiger partial charge is 0.224 e. The molecule has 4 heteroatoms. The van der Waals surface area contributed by atoms with Crippen LogP contribution < -0.4 is 5.32 Å². The summed E-state index contributed by atoms with van der Waals surface area (Å²) in [6.07, 6.45) is 4.94. The minimum atomic E-state index is 0.131. The van der Waals surface area contributed by atoms with Gasteiger partial charge in [0.1, 0.15) is 0 Å². The summed E-state index contributed by atoms with van der Waals surface area (Å²) in [7, 11) is 0. The zero-order valence-electron chi connectivity index (χ0n) is 10.2. The van der Waals surface area contributed by atoms with Crippen molar-refractivity contribution in [1.82, 2.24) is 5.32 Å². The number of nitrogens with one attached hydrogen (secondary N) is 1. The molecule has 1 aromatic rings. The van der Waals surface area contributed by atoms with Gasteiger partial charge in [-0.15, -0.1) is 0 Å². The molecule has 0 aromatic heterocycles. The van der Waals surface area contributed by atoms with Crippen molar-refractivity contribution >= 4 is 37.8 Å². The Kier molecular flexibility index (Phi) is 5.25. The highest BCUT2D eigenvalue weighted by Gasteiger charge is 2.20. The summed E-state index contributed by atoms with van der Waals surface area (Å²) in [4.78, 5) is 12.6. The minimum Gasteiger partial charge on any atom is -0.353 e. The molecule has 1 saturated carbocycles. The molecular formula is C14H17Br2NO. The monoisotopic (exact) mass is 373 g/mol. The van der Waals surface area contributed by atoms with Crippen LogP contribution in [-0.2, 0) is 11.2 Å². The molecule has 0 saturated heterocycles. The lowest BCUT2D eigenvalue weighted by Gasteiger charge is -2.26. The van der Waals surface area contributed by atoms with Gasteiger partial charge < -0.3 is 5.32 Å². The molecule has 1 aliphatic carbocycles. The topological polar surface area (TPSA) is 29.1 Å². The van der Waals surface area contributed by atoms with Crippen LogP contribution in [0.15, 0.2) is 28.7 Å². The van der Waals surface area contributed by atoms with Gasteiger partial charge >= 0.3 is 0 Å². The summed E-state index contributed by atoms with van der Waals surface area (Å²) in [5.41, 5.74) is 1.05. The van der Waals surface area contributed by atoms with E-state index in [0.717, 1.165) is 35.7 Å². The van der Waals surface area contributed by atoms with Crippen LogP contribution in [0.25, 0.3) is 0 Å². The fraction of sp³-hybridized carbons (Fsp3) is 0.500. The zero-order chi connectivity index (χ0) is 13.0. The Labute approximate surface area is 125 Å². The van der Waals surface area contributed by atoms with Gasteiger partial charge in [-0.3, -0.25) is 4.79 Å². The molecule has 0 bridgehead atoms. The van der Waals surface area contributed by atoms with E-state index in [9.17, 15) is 4.79 Å². The number of rotatable bonds is 3. The van der Waals surface area contributed by atoms with Crippen molar-refractivity contribution < 1.29 is 4.79 Å². The molecule has 98 valence electrons. The highest BCUT2D eigenvalue weighted by Crippen LogP contribution is 2.24. The number of carbonyl (C=O) groups excluding carboxylic acids is 1. The van der Waals surface area contributed by atoms with Crippen LogP contribution in [0.2, 0.25) is 0 Å². The molecule has 0 spiro atoms. The number of hydrogen-bond donors (Lipinski definition) is 1. The maximum absolute atomic E-state index is 11.9. The Balaban J connectivity index is 1.82. The minimum absolute atomic E-state index is 0.131. The molecule has 1 amide bonds. The van der Waals surface area contributed by atoms with Crippen molar-refractivity contribution in [2.75, 3.05) is 0 Å². The van der Waals surface area contributed by atoms with Gasteiger partial charge in [-0.25, -0.2) is 0 Å². The second-order valence-corrected chi connectivity index (χ2v) is 7.03. The molecule has 2 nitrogen and oxygen atoms in total. The SMILES string of the molecule is O=C(Cc1cccc(Br)c1)NC1CCC(Br)CC1. The summed E-state index contributed by atoms with van der Waals surface area (Å²) >= 11 is 7.05. The normalized spacial score (nSPS) is 23.7. The summed E-state index contributed by atoms with van der Waals surface area (Å²) < 4.78 is 1.02. The third kappa shape index (κ3) is 4.39. The van der Waals surface area contributed by atoms with Crippen molar-refractivity contribution in [3.8, 4) is 0 Å². The molecular weight excluding hydrogens is 358 g/mol. The number of carbonyl (C=O) groups is 1. The number of halogens is 2. The van der Waals surface area contributed by atoms with Crippen molar-refractivity contribution in [3.63, 3.8) is 0 Å². The number of benzene rings is 1. The molecule has 2 rings (SSSR count). The van der Waals surface area contributed by atoms with Crippen molar-refractivity contribution in [2.24, 2.45) is 0 Å². The van der Waals surface area contributed by atoms with Gasteiger partial charge in [0.15, 0.2) is 0 Å². The van der Waals surface area contributed by atoms with E-state index in [-0.39, 0.29) is 5.91 Å². The van der Waals surface area contributed by atoms with Crippen LogP contribution >= 0.6 is 31.9 Å². The predicted octanol–water partition coefficient (Wildman–Crippen LogP) is 3.81. The van der Waals surface area contributed by atoms with Crippen LogP contribution in [0.4, 0.5) is 0 Å². The van der Waals surface area contributed by atoms with E-state index in [1.54, 1.807) is 0 Å². The molecule has 1 N–H and O–H groups in total. The summed E-state index contributed by atoms with van der Waals surface area (Å²) in [5, 5.41) is 3.13. The largest absolute Gasteiger partial charge is 0.353 e. The van der Waals surface area contributed by atoms with Crippen LogP contribution in [0.1, 0.15) is 31.2 Å². The molecule has 0 unspecified atom stereocenters. The van der Waals surface area contributed by atoms with Gasteiger partial charge in [0, 0.05) is 15.3 Å². The fourth-order valence-corrected chi connectivity index (χ4v) is 3.28. The first-order valence-electron chi connectivity index (χ1n) is 6.31. The van der Waals surface area contributed by atoms with Crippen LogP contribution in [0.3, 0.4) is 0 Å². The molecule has 0 radical (unpaired) electrons. The third-order valence-electron chi connectivity index (χ3n) is 3.28. The van der Waals surface area contributed by atoms with Crippen molar-refractivity contribution in [3.05, 3.63) is 34.3 Å². The highest BCUT2D eigenvalue weighted by atomic mass is 79.9. The van der Waals surface area contributed by atoms with E-state index in [4.69, 9.17) is 0 Å². The van der Waals surface area contributed by atoms with E-state index in [0.29, 0.717) is 17.3 Å². The number of amides is 1. The van der Waals surface area contributed by atoms with Gasteiger partial charge in [0.25, 0.3) is 0 Å². The van der Waals surface area contributed by atoms with E-state index >= 15 is 0 Å². The second kappa shape index (κ2) is 6.71. The maximum Gasteiger partial charge on any atom is 0.224 e. The lowest BCUT2D eigenvalue weighted by atomic mass is 9.95. The highest BCUT2D eigenvalue weighted by molar-refractivity contribution is 9.10. The van der Waals surface area contributed by atoms with Gasteiger partial charge in [-0.2, -0.15) is 0 Å². The fourth-order valence-electron chi connectivity index (χ4n) is 2.31. The van der Waals surface area contributed by atoms with Gasteiger partial charge in [-0.05, 0) is 43.4 Å². The summed E-state index contributed by atoms with van der Waals surface area (Å²) in [6.45, 7) is 0. The first kappa shape index (κ1) is 14.1. The lowest BCUT2D eigenvalue weighted by molar-refractivity contribution is -0.121. The van der Waals surface area contributed by atoms with Crippen molar-refractivity contribution in [2.45, 2.75) is 43.0 Å². The Morgan fingerprint density at radius 2 is 2.00 bits per heavy atom. The molecule has 1 aliphatic rings. The number of alkyl halides is 1. The average Bonchev–Trinajstić information content (AvgIpc) is 2.32. The second-order valence-electron chi connectivity index (χ2n) is 4.82. The standard InChI is InChI=1S/C14H17Br2NO/c15-11-4-6-13(7-5-11)17-14(18)9-10-2-1-3-12(16)8-10/h1-3,8,11,13H,4-7,9H2,(H,17,18). The van der Waals surface area contributed by atoms with Gasteiger partial charge in [0.2, 0.25) is 5.91 Å². The van der Waals surface area contributed by atoms with E-state index in [1.807, 2.05) is 24.3 Å². The Morgan fingerprint density at radius 1 is 1.28 bits per heavy atom. The molecule has 18 heavy (non-hydrogen) atoms. The maximum atomic E-state index is 11.9. The third-order valence-corrected chi connectivity index (χ3v) is 4.68. The molecule has 1 fully saturated rings. The lowest BCUT2D eigenvalue weighted by Crippen LogP contribution is -2.38. The predicted molar refractivity (Wildman–Crippen MR) is 81.0 cm³/mol. The first-order chi connectivity index (χ1) is 8.63. The average molecular weight is 375 g/mol. The zero-order valence-corrected chi connectivity index (χ0v) is 13.3. The van der Waals surface area contributed by atoms with Crippen LogP contribution in [0.5, 0.6) is 0 Å². The molecule has 0 aliphatic heterocycles. The van der Waals surface area contributed by atoms with Crippen LogP contribution in [-0.4, -0.2) is 16.8 Å². The Hall–Kier alpha value is -0.350. The Bertz CT molecular complexity index is 414. The van der Waals surface area contributed by atoms with E-state index in [2.05, 4.69) is 37.2 Å². The van der Waals surface area contributed by atoms with Crippen molar-refractivity contribution in [1.29, 1.82) is 0 Å². The van der Waals surface area contributed by atoms with Gasteiger partial charge in [-0.1, -0.05) is 44.0 Å². The Morgan fingerprint density at radius 3 is 2.67 bits per heavy atom. The summed E-state index contributed by atoms with van der Waals surface area (Å²) in [5.74, 6) is 0.131. The molecule has 0 atom stereocenters. The van der Waals surface area contributed by atoms with E-state index in [1.165, 1.54) is 0 Å². The molecule has 0 heterocycles. The first-order valence-corrected chi connectivity index (χ1v) is 8.02. The quantitative estimate of drug-likeness (QED) is 0.800. The van der Waals surface area contributed by atoms with E-state index < -0.39 is 0 Å². The van der Waals surface area contributed by atoms with Gasteiger partial charge in [0.05, 0.1) is 6.42 Å². The number of hydrogen-bond acceptors (Lipinski definition) is 1. The molecule has 1 aromatic carbocycles. The summed E-state index contributed by atoms with van der Waals surface area (Å²) in [6, 6.07) is 8.27.